The molecule has 0 aromatic carbocycles. The monoisotopic (exact) mass is 234 g/mol. The third-order valence-electron chi connectivity index (χ3n) is 2.41. The fraction of sp³-hybridized carbons (Fsp3) is 0.500. The van der Waals surface area contributed by atoms with Crippen molar-refractivity contribution in [3.63, 3.8) is 0 Å². The third-order valence-corrected chi connectivity index (χ3v) is 2.41. The number of pyridine rings is 1. The molecule has 1 aliphatic rings. The molecule has 1 aliphatic carbocycles. The van der Waals surface area contributed by atoms with E-state index in [1.54, 1.807) is 0 Å². The summed E-state index contributed by atoms with van der Waals surface area (Å²) in [5.74, 6) is 0.716. The molecular formula is C10H16Cl2N2. The first-order valence-corrected chi connectivity index (χ1v) is 4.44. The van der Waals surface area contributed by atoms with Crippen LogP contribution >= 0.6 is 24.8 Å². The van der Waals surface area contributed by atoms with Gasteiger partial charge in [-0.15, -0.1) is 24.8 Å². The Morgan fingerprint density at radius 1 is 1.36 bits per heavy atom. The average molecular weight is 235 g/mol. The van der Waals surface area contributed by atoms with Crippen LogP contribution in [0.3, 0.4) is 0 Å². The first kappa shape index (κ1) is 13.7. The van der Waals surface area contributed by atoms with Gasteiger partial charge in [0.1, 0.15) is 0 Å². The molecule has 1 heterocycles. The van der Waals surface area contributed by atoms with Crippen LogP contribution in [-0.4, -0.2) is 4.98 Å². The predicted molar refractivity (Wildman–Crippen MR) is 63.1 cm³/mol. The van der Waals surface area contributed by atoms with Crippen molar-refractivity contribution in [2.75, 3.05) is 0 Å². The summed E-state index contributed by atoms with van der Waals surface area (Å²) in [6.45, 7) is 2.05. The maximum absolute atomic E-state index is 6.03. The van der Waals surface area contributed by atoms with E-state index in [2.05, 4.69) is 18.0 Å². The molecule has 2 rings (SSSR count). The molecule has 2 N–H and O–H groups in total. The molecule has 0 aliphatic heterocycles. The highest BCUT2D eigenvalue weighted by Gasteiger charge is 2.29. The molecule has 1 fully saturated rings. The van der Waals surface area contributed by atoms with E-state index < -0.39 is 0 Å². The summed E-state index contributed by atoms with van der Waals surface area (Å²) in [7, 11) is 0. The number of nitrogens with zero attached hydrogens (tertiary/aromatic N) is 1. The van der Waals surface area contributed by atoms with Crippen LogP contribution in [0.1, 0.15) is 30.0 Å². The van der Waals surface area contributed by atoms with Gasteiger partial charge in [0.2, 0.25) is 0 Å². The van der Waals surface area contributed by atoms with Gasteiger partial charge >= 0.3 is 0 Å². The SMILES string of the molecule is Cc1cncc(C(N)C2CC2)c1.Cl.Cl. The number of rotatable bonds is 2. The molecule has 1 aromatic rings. The fourth-order valence-corrected chi connectivity index (χ4v) is 1.49. The lowest BCUT2D eigenvalue weighted by atomic mass is 10.0. The molecule has 0 amide bonds. The van der Waals surface area contributed by atoms with Gasteiger partial charge in [0.05, 0.1) is 0 Å². The van der Waals surface area contributed by atoms with E-state index in [4.69, 9.17) is 5.73 Å². The zero-order chi connectivity index (χ0) is 8.55. The van der Waals surface area contributed by atoms with E-state index in [-0.39, 0.29) is 30.9 Å². The average Bonchev–Trinajstić information content (AvgIpc) is 2.85. The van der Waals surface area contributed by atoms with Gasteiger partial charge in [0.25, 0.3) is 0 Å². The number of nitrogens with two attached hydrogens (primary N) is 1. The molecule has 0 radical (unpaired) electrons. The molecule has 1 saturated carbocycles. The third kappa shape index (κ3) is 3.12. The molecule has 4 heteroatoms. The first-order valence-electron chi connectivity index (χ1n) is 4.44. The minimum atomic E-state index is 0. The van der Waals surface area contributed by atoms with Crippen LogP contribution in [0.2, 0.25) is 0 Å². The summed E-state index contributed by atoms with van der Waals surface area (Å²) in [6.07, 6.45) is 6.32. The lowest BCUT2D eigenvalue weighted by Crippen LogP contribution is -2.12. The van der Waals surface area contributed by atoms with E-state index in [0.717, 1.165) is 0 Å². The second-order valence-corrected chi connectivity index (χ2v) is 3.66. The summed E-state index contributed by atoms with van der Waals surface area (Å²) in [6, 6.07) is 2.35. The Labute approximate surface area is 97.1 Å². The van der Waals surface area contributed by atoms with Crippen LogP contribution in [0.5, 0.6) is 0 Å². The topological polar surface area (TPSA) is 38.9 Å². The maximum Gasteiger partial charge on any atom is 0.0338 e. The van der Waals surface area contributed by atoms with E-state index in [9.17, 15) is 0 Å². The van der Waals surface area contributed by atoms with Gasteiger partial charge in [-0.2, -0.15) is 0 Å². The van der Waals surface area contributed by atoms with E-state index in [0.29, 0.717) is 5.92 Å². The zero-order valence-corrected chi connectivity index (χ0v) is 9.78. The van der Waals surface area contributed by atoms with E-state index >= 15 is 0 Å². The highest BCUT2D eigenvalue weighted by atomic mass is 35.5. The normalized spacial score (nSPS) is 16.4. The van der Waals surface area contributed by atoms with Crippen molar-refractivity contribution in [2.24, 2.45) is 11.7 Å². The Morgan fingerprint density at radius 3 is 2.50 bits per heavy atom. The number of aromatic nitrogens is 1. The molecule has 1 aromatic heterocycles. The Morgan fingerprint density at radius 2 is 2.00 bits per heavy atom. The molecule has 80 valence electrons. The summed E-state index contributed by atoms with van der Waals surface area (Å²) in [5.41, 5.74) is 8.42. The Hall–Kier alpha value is -0.310. The number of aryl methyl sites for hydroxylation is 1. The number of hydrogen-bond acceptors (Lipinski definition) is 2. The van der Waals surface area contributed by atoms with Crippen LogP contribution in [0.4, 0.5) is 0 Å². The molecule has 2 nitrogen and oxygen atoms in total. The van der Waals surface area contributed by atoms with Crippen molar-refractivity contribution in [1.82, 2.24) is 4.98 Å². The summed E-state index contributed by atoms with van der Waals surface area (Å²) < 4.78 is 0. The van der Waals surface area contributed by atoms with Gasteiger partial charge in [0.15, 0.2) is 0 Å². The molecular weight excluding hydrogens is 219 g/mol. The van der Waals surface area contributed by atoms with Crippen LogP contribution < -0.4 is 5.73 Å². The van der Waals surface area contributed by atoms with Gasteiger partial charge in [-0.1, -0.05) is 6.07 Å². The van der Waals surface area contributed by atoms with Crippen LogP contribution in [0.25, 0.3) is 0 Å². The zero-order valence-electron chi connectivity index (χ0n) is 8.14. The molecule has 0 spiro atoms. The van der Waals surface area contributed by atoms with Crippen LogP contribution in [-0.2, 0) is 0 Å². The number of halogens is 2. The van der Waals surface area contributed by atoms with E-state index in [1.165, 1.54) is 24.0 Å². The second-order valence-electron chi connectivity index (χ2n) is 3.66. The quantitative estimate of drug-likeness (QED) is 0.855. The second kappa shape index (κ2) is 5.54. The van der Waals surface area contributed by atoms with Gasteiger partial charge in [-0.05, 0) is 36.8 Å². The van der Waals surface area contributed by atoms with Crippen molar-refractivity contribution >= 4 is 24.8 Å². The lowest BCUT2D eigenvalue weighted by molar-refractivity contribution is 0.630. The largest absolute Gasteiger partial charge is 0.324 e. The fourth-order valence-electron chi connectivity index (χ4n) is 1.49. The summed E-state index contributed by atoms with van der Waals surface area (Å²) >= 11 is 0. The lowest BCUT2D eigenvalue weighted by Gasteiger charge is -2.09. The molecule has 0 bridgehead atoms. The Balaban J connectivity index is 0.000000845. The summed E-state index contributed by atoms with van der Waals surface area (Å²) in [4.78, 5) is 4.14. The Bertz CT molecular complexity index is 287. The number of hydrogen-bond donors (Lipinski definition) is 1. The smallest absolute Gasteiger partial charge is 0.0338 e. The van der Waals surface area contributed by atoms with Crippen molar-refractivity contribution < 1.29 is 0 Å². The van der Waals surface area contributed by atoms with E-state index in [1.807, 2.05) is 12.4 Å². The predicted octanol–water partition coefficient (Wildman–Crippen LogP) is 2.64. The highest BCUT2D eigenvalue weighted by Crippen LogP contribution is 2.39. The van der Waals surface area contributed by atoms with Crippen molar-refractivity contribution in [1.29, 1.82) is 0 Å². The highest BCUT2D eigenvalue weighted by molar-refractivity contribution is 5.85. The molecule has 0 saturated heterocycles. The van der Waals surface area contributed by atoms with Gasteiger partial charge in [-0.25, -0.2) is 0 Å². The van der Waals surface area contributed by atoms with Crippen LogP contribution in [0.15, 0.2) is 18.5 Å². The molecule has 1 atom stereocenters. The minimum absolute atomic E-state index is 0. The maximum atomic E-state index is 6.03. The van der Waals surface area contributed by atoms with Gasteiger partial charge in [0, 0.05) is 18.4 Å². The summed E-state index contributed by atoms with van der Waals surface area (Å²) in [5, 5.41) is 0. The first-order chi connectivity index (χ1) is 5.77. The standard InChI is InChI=1S/C10H14N2.2ClH/c1-7-4-9(6-12-5-7)10(11)8-2-3-8;;/h4-6,8,10H,2-3,11H2,1H3;2*1H. The van der Waals surface area contributed by atoms with Crippen molar-refractivity contribution in [3.05, 3.63) is 29.6 Å². The van der Waals surface area contributed by atoms with Crippen LogP contribution in [0, 0.1) is 12.8 Å². The molecule has 14 heavy (non-hydrogen) atoms. The van der Waals surface area contributed by atoms with Crippen molar-refractivity contribution in [2.45, 2.75) is 25.8 Å². The Kier molecular flexibility index (Phi) is 5.42. The molecule has 1 unspecified atom stereocenters. The van der Waals surface area contributed by atoms with Crippen molar-refractivity contribution in [3.8, 4) is 0 Å². The van der Waals surface area contributed by atoms with Gasteiger partial charge in [-0.3, -0.25) is 4.98 Å². The van der Waals surface area contributed by atoms with Gasteiger partial charge < -0.3 is 5.73 Å². The minimum Gasteiger partial charge on any atom is -0.324 e.